The van der Waals surface area contributed by atoms with Crippen LogP contribution in [0.5, 0.6) is 0 Å². The van der Waals surface area contributed by atoms with E-state index in [1.165, 1.54) is 4.90 Å². The Bertz CT molecular complexity index is 695. The lowest BCUT2D eigenvalue weighted by Gasteiger charge is -2.13. The Hall–Kier alpha value is -2.21. The maximum Gasteiger partial charge on any atom is 0.299 e. The Kier molecular flexibility index (Phi) is 2.60. The van der Waals surface area contributed by atoms with Crippen LogP contribution in [0.4, 0.5) is 5.69 Å². The number of benzene rings is 1. The number of Topliss-reactive ketones (excluding diaryl/α,β-unsaturated/α-hetero) is 1. The molecule has 1 aliphatic heterocycles. The average Bonchev–Trinajstić information content (AvgIpc) is 2.88. The summed E-state index contributed by atoms with van der Waals surface area (Å²) in [7, 11) is 0. The van der Waals surface area contributed by atoms with E-state index in [9.17, 15) is 9.59 Å². The number of fused-ring (bicyclic) bond motifs is 1. The SMILES string of the molecule is Cc1nc(CN2C(=O)C(=O)c3c(Cl)cccc32)no1. The first kappa shape index (κ1) is 11.9. The highest BCUT2D eigenvalue weighted by atomic mass is 35.5. The van der Waals surface area contributed by atoms with Gasteiger partial charge in [-0.15, -0.1) is 0 Å². The van der Waals surface area contributed by atoms with Crippen LogP contribution in [0.2, 0.25) is 5.02 Å². The molecule has 2 heterocycles. The van der Waals surface area contributed by atoms with Crippen LogP contribution < -0.4 is 4.90 Å². The van der Waals surface area contributed by atoms with Crippen molar-refractivity contribution in [3.05, 3.63) is 40.5 Å². The fraction of sp³-hybridized carbons (Fsp3) is 0.167. The fourth-order valence-electron chi connectivity index (χ4n) is 2.01. The molecule has 0 radical (unpaired) electrons. The number of carbonyl (C=O) groups excluding carboxylic acids is 2. The molecule has 0 saturated carbocycles. The van der Waals surface area contributed by atoms with Crippen LogP contribution in [-0.2, 0) is 11.3 Å². The number of carbonyl (C=O) groups is 2. The summed E-state index contributed by atoms with van der Waals surface area (Å²) in [5.41, 5.74) is 0.708. The second-order valence-electron chi connectivity index (χ2n) is 4.08. The summed E-state index contributed by atoms with van der Waals surface area (Å²) in [4.78, 5) is 29.2. The number of amides is 1. The topological polar surface area (TPSA) is 76.3 Å². The van der Waals surface area contributed by atoms with Crippen LogP contribution in [0.3, 0.4) is 0 Å². The molecule has 96 valence electrons. The second-order valence-corrected chi connectivity index (χ2v) is 4.49. The number of halogens is 1. The van der Waals surface area contributed by atoms with Crippen molar-refractivity contribution in [2.24, 2.45) is 0 Å². The highest BCUT2D eigenvalue weighted by molar-refractivity contribution is 6.55. The van der Waals surface area contributed by atoms with E-state index in [4.69, 9.17) is 16.1 Å². The lowest BCUT2D eigenvalue weighted by Crippen LogP contribution is -2.29. The standard InChI is InChI=1S/C12H8ClN3O3/c1-6-14-9(15-19-6)5-16-8-4-2-3-7(13)10(8)11(17)12(16)18/h2-4H,5H2,1H3. The molecule has 0 saturated heterocycles. The zero-order valence-corrected chi connectivity index (χ0v) is 10.6. The first-order valence-corrected chi connectivity index (χ1v) is 5.89. The van der Waals surface area contributed by atoms with Crippen molar-refractivity contribution in [1.29, 1.82) is 0 Å². The van der Waals surface area contributed by atoms with E-state index in [1.54, 1.807) is 25.1 Å². The van der Waals surface area contributed by atoms with Crippen molar-refractivity contribution in [3.63, 3.8) is 0 Å². The van der Waals surface area contributed by atoms with Crippen molar-refractivity contribution < 1.29 is 14.1 Å². The third kappa shape index (κ3) is 1.80. The van der Waals surface area contributed by atoms with E-state index in [0.717, 1.165) is 0 Å². The minimum Gasteiger partial charge on any atom is -0.340 e. The van der Waals surface area contributed by atoms with Gasteiger partial charge in [-0.05, 0) is 12.1 Å². The van der Waals surface area contributed by atoms with Gasteiger partial charge in [0.25, 0.3) is 11.7 Å². The third-order valence-electron chi connectivity index (χ3n) is 2.82. The highest BCUT2D eigenvalue weighted by Gasteiger charge is 2.38. The Balaban J connectivity index is 2.02. The molecule has 0 atom stereocenters. The van der Waals surface area contributed by atoms with Gasteiger partial charge in [0.15, 0.2) is 5.82 Å². The van der Waals surface area contributed by atoms with Crippen molar-refractivity contribution in [2.75, 3.05) is 4.90 Å². The predicted octanol–water partition coefficient (Wildman–Crippen LogP) is 1.76. The minimum absolute atomic E-state index is 0.0786. The quantitative estimate of drug-likeness (QED) is 0.782. The monoisotopic (exact) mass is 277 g/mol. The van der Waals surface area contributed by atoms with Gasteiger partial charge < -0.3 is 4.52 Å². The van der Waals surface area contributed by atoms with Gasteiger partial charge in [0.1, 0.15) is 0 Å². The molecule has 1 aliphatic rings. The van der Waals surface area contributed by atoms with E-state index >= 15 is 0 Å². The van der Waals surface area contributed by atoms with Crippen LogP contribution in [0.1, 0.15) is 22.1 Å². The number of rotatable bonds is 2. The van der Waals surface area contributed by atoms with Crippen molar-refractivity contribution >= 4 is 29.0 Å². The largest absolute Gasteiger partial charge is 0.340 e. The first-order valence-electron chi connectivity index (χ1n) is 5.52. The lowest BCUT2D eigenvalue weighted by molar-refractivity contribution is -0.114. The van der Waals surface area contributed by atoms with Crippen LogP contribution in [0.15, 0.2) is 22.7 Å². The zero-order valence-electron chi connectivity index (χ0n) is 9.88. The van der Waals surface area contributed by atoms with Gasteiger partial charge in [-0.1, -0.05) is 22.8 Å². The average molecular weight is 278 g/mol. The summed E-state index contributed by atoms with van der Waals surface area (Å²) in [5, 5.41) is 3.98. The third-order valence-corrected chi connectivity index (χ3v) is 3.13. The summed E-state index contributed by atoms with van der Waals surface area (Å²) < 4.78 is 4.84. The van der Waals surface area contributed by atoms with E-state index in [0.29, 0.717) is 17.4 Å². The molecule has 7 heteroatoms. The van der Waals surface area contributed by atoms with E-state index in [-0.39, 0.29) is 17.1 Å². The molecular weight excluding hydrogens is 270 g/mol. The van der Waals surface area contributed by atoms with E-state index in [1.807, 2.05) is 0 Å². The number of aromatic nitrogens is 2. The molecule has 0 spiro atoms. The van der Waals surface area contributed by atoms with Crippen molar-refractivity contribution in [3.8, 4) is 0 Å². The first-order chi connectivity index (χ1) is 9.08. The van der Waals surface area contributed by atoms with Gasteiger partial charge in [-0.2, -0.15) is 4.98 Å². The number of nitrogens with zero attached hydrogens (tertiary/aromatic N) is 3. The molecule has 1 aromatic carbocycles. The molecule has 0 bridgehead atoms. The Labute approximate surface area is 113 Å². The zero-order chi connectivity index (χ0) is 13.6. The van der Waals surface area contributed by atoms with Crippen molar-refractivity contribution in [2.45, 2.75) is 13.5 Å². The molecule has 19 heavy (non-hydrogen) atoms. The molecule has 3 rings (SSSR count). The smallest absolute Gasteiger partial charge is 0.299 e. The molecular formula is C12H8ClN3O3. The molecule has 1 aromatic heterocycles. The van der Waals surface area contributed by atoms with Crippen molar-refractivity contribution in [1.82, 2.24) is 10.1 Å². The van der Waals surface area contributed by atoms with Crippen LogP contribution in [0.25, 0.3) is 0 Å². The Morgan fingerprint density at radius 1 is 1.37 bits per heavy atom. The Morgan fingerprint density at radius 3 is 2.84 bits per heavy atom. The van der Waals surface area contributed by atoms with Gasteiger partial charge in [-0.3, -0.25) is 14.5 Å². The fourth-order valence-corrected chi connectivity index (χ4v) is 2.26. The van der Waals surface area contributed by atoms with Crippen LogP contribution in [-0.4, -0.2) is 21.8 Å². The highest BCUT2D eigenvalue weighted by Crippen LogP contribution is 2.34. The minimum atomic E-state index is -0.634. The molecule has 2 aromatic rings. The summed E-state index contributed by atoms with van der Waals surface area (Å²) in [6.45, 7) is 1.73. The second kappa shape index (κ2) is 4.17. The van der Waals surface area contributed by atoms with E-state index < -0.39 is 11.7 Å². The maximum absolute atomic E-state index is 12.0. The summed E-state index contributed by atoms with van der Waals surface area (Å²) in [5.74, 6) is -0.503. The number of ketones is 1. The molecule has 0 fully saturated rings. The van der Waals surface area contributed by atoms with Crippen LogP contribution in [0, 0.1) is 6.92 Å². The lowest BCUT2D eigenvalue weighted by atomic mass is 10.1. The molecule has 1 amide bonds. The molecule has 0 unspecified atom stereocenters. The van der Waals surface area contributed by atoms with Gasteiger partial charge >= 0.3 is 0 Å². The summed E-state index contributed by atoms with van der Waals surface area (Å²) in [6.07, 6.45) is 0. The number of aryl methyl sites for hydroxylation is 1. The maximum atomic E-state index is 12.0. The molecule has 0 aliphatic carbocycles. The number of anilines is 1. The van der Waals surface area contributed by atoms with Gasteiger partial charge in [0.05, 0.1) is 22.8 Å². The van der Waals surface area contributed by atoms with Gasteiger partial charge in [-0.25, -0.2) is 0 Å². The number of hydrogen-bond acceptors (Lipinski definition) is 5. The molecule has 0 N–H and O–H groups in total. The van der Waals surface area contributed by atoms with Gasteiger partial charge in [0.2, 0.25) is 5.89 Å². The summed E-state index contributed by atoms with van der Waals surface area (Å²) >= 11 is 5.95. The van der Waals surface area contributed by atoms with Crippen LogP contribution >= 0.6 is 11.6 Å². The summed E-state index contributed by atoms with van der Waals surface area (Å²) in [6, 6.07) is 4.92. The predicted molar refractivity (Wildman–Crippen MR) is 66.0 cm³/mol. The molecule has 6 nitrogen and oxygen atoms in total. The number of hydrogen-bond donors (Lipinski definition) is 0. The Morgan fingerprint density at radius 2 is 2.16 bits per heavy atom. The van der Waals surface area contributed by atoms with E-state index in [2.05, 4.69) is 10.1 Å². The normalized spacial score (nSPS) is 14.1. The van der Waals surface area contributed by atoms with Gasteiger partial charge in [0, 0.05) is 6.92 Å².